The first-order valence-corrected chi connectivity index (χ1v) is 9.29. The number of benzene rings is 1. The Morgan fingerprint density at radius 3 is 2.96 bits per heavy atom. The second kappa shape index (κ2) is 11.4. The highest BCUT2D eigenvalue weighted by molar-refractivity contribution is 7.80. The van der Waals surface area contributed by atoms with Crippen molar-refractivity contribution in [3.05, 3.63) is 33.9 Å². The minimum Gasteiger partial charge on any atom is -0.487 e. The second-order valence-electron chi connectivity index (χ2n) is 5.91. The minimum atomic E-state index is -0.465. The molecular weight excluding hydrogens is 370 g/mol. The molecule has 1 aliphatic rings. The number of nitrogens with zero attached hydrogens (tertiary/aromatic N) is 3. The number of hydrazone groups is 1. The fraction of sp³-hybridized carbons (Fsp3) is 0.529. The summed E-state index contributed by atoms with van der Waals surface area (Å²) in [7, 11) is 0. The van der Waals surface area contributed by atoms with Crippen molar-refractivity contribution in [1.82, 2.24) is 15.6 Å². The largest absolute Gasteiger partial charge is 0.487 e. The summed E-state index contributed by atoms with van der Waals surface area (Å²) < 4.78 is 10.7. The summed E-state index contributed by atoms with van der Waals surface area (Å²) >= 11 is 5.16. The molecule has 10 heteroatoms. The third-order valence-corrected chi connectivity index (χ3v) is 4.07. The number of thiocarbonyl (C=S) groups is 1. The van der Waals surface area contributed by atoms with Crippen molar-refractivity contribution in [3.63, 3.8) is 0 Å². The lowest BCUT2D eigenvalue weighted by Crippen LogP contribution is -2.42. The van der Waals surface area contributed by atoms with Crippen molar-refractivity contribution in [2.24, 2.45) is 5.10 Å². The quantitative estimate of drug-likeness (QED) is 0.281. The van der Waals surface area contributed by atoms with Crippen LogP contribution in [0.5, 0.6) is 5.75 Å². The Hall–Kier alpha value is -2.30. The van der Waals surface area contributed by atoms with Crippen molar-refractivity contribution in [2.45, 2.75) is 13.3 Å². The van der Waals surface area contributed by atoms with Gasteiger partial charge in [0.05, 0.1) is 31.0 Å². The van der Waals surface area contributed by atoms with Crippen LogP contribution in [0.1, 0.15) is 18.9 Å². The lowest BCUT2D eigenvalue weighted by molar-refractivity contribution is -0.385. The van der Waals surface area contributed by atoms with Gasteiger partial charge in [-0.2, -0.15) is 5.10 Å². The van der Waals surface area contributed by atoms with Crippen molar-refractivity contribution < 1.29 is 14.4 Å². The third-order valence-electron chi connectivity index (χ3n) is 3.84. The van der Waals surface area contributed by atoms with Gasteiger partial charge in [-0.05, 0) is 30.8 Å². The molecule has 1 aromatic carbocycles. The highest BCUT2D eigenvalue weighted by atomic mass is 32.1. The van der Waals surface area contributed by atoms with E-state index in [1.807, 2.05) is 6.92 Å². The lowest BCUT2D eigenvalue weighted by Gasteiger charge is -2.26. The van der Waals surface area contributed by atoms with E-state index in [1.165, 1.54) is 12.3 Å². The smallest absolute Gasteiger partial charge is 0.311 e. The van der Waals surface area contributed by atoms with E-state index < -0.39 is 4.92 Å². The summed E-state index contributed by atoms with van der Waals surface area (Å²) in [5.74, 6) is 0.257. The summed E-state index contributed by atoms with van der Waals surface area (Å²) in [6.07, 6.45) is 2.26. The van der Waals surface area contributed by atoms with Crippen LogP contribution in [0.3, 0.4) is 0 Å². The zero-order valence-corrected chi connectivity index (χ0v) is 16.2. The molecule has 1 fully saturated rings. The Labute approximate surface area is 163 Å². The van der Waals surface area contributed by atoms with Crippen LogP contribution in [-0.2, 0) is 4.74 Å². The number of hydrogen-bond donors (Lipinski definition) is 2. The molecule has 2 rings (SSSR count). The molecule has 0 radical (unpaired) electrons. The maximum Gasteiger partial charge on any atom is 0.311 e. The molecule has 0 bridgehead atoms. The standard InChI is InChI=1S/C17H25N5O4S/c1-2-9-26-16-4-3-14(12-15(16)22(23)24)13-19-20-17(27)18-5-6-21-7-10-25-11-8-21/h3-4,12-13H,2,5-11H2,1H3,(H2,18,20,27)/b19-13+. The van der Waals surface area contributed by atoms with E-state index >= 15 is 0 Å². The average Bonchev–Trinajstić information content (AvgIpc) is 2.67. The highest BCUT2D eigenvalue weighted by Gasteiger charge is 2.15. The van der Waals surface area contributed by atoms with Gasteiger partial charge in [0, 0.05) is 37.8 Å². The van der Waals surface area contributed by atoms with E-state index in [2.05, 4.69) is 20.7 Å². The first-order valence-electron chi connectivity index (χ1n) is 8.88. The van der Waals surface area contributed by atoms with Gasteiger partial charge in [0.2, 0.25) is 0 Å². The van der Waals surface area contributed by atoms with Crippen LogP contribution in [0, 0.1) is 10.1 Å². The number of nitro benzene ring substituents is 1. The van der Waals surface area contributed by atoms with E-state index in [-0.39, 0.29) is 11.4 Å². The van der Waals surface area contributed by atoms with E-state index in [4.69, 9.17) is 21.7 Å². The summed E-state index contributed by atoms with van der Waals surface area (Å²) in [5.41, 5.74) is 3.21. The van der Waals surface area contributed by atoms with Gasteiger partial charge in [0.1, 0.15) is 0 Å². The van der Waals surface area contributed by atoms with Gasteiger partial charge in [-0.1, -0.05) is 6.92 Å². The molecule has 0 saturated carbocycles. The molecule has 9 nitrogen and oxygen atoms in total. The molecule has 0 atom stereocenters. The molecule has 1 heterocycles. The summed E-state index contributed by atoms with van der Waals surface area (Å²) in [6, 6.07) is 4.71. The molecule has 27 heavy (non-hydrogen) atoms. The Bertz CT molecular complexity index is 665. The molecule has 1 aromatic rings. The van der Waals surface area contributed by atoms with E-state index in [1.54, 1.807) is 12.1 Å². The number of morpholine rings is 1. The lowest BCUT2D eigenvalue weighted by atomic mass is 10.2. The molecule has 0 amide bonds. The number of nitrogens with one attached hydrogen (secondary N) is 2. The highest BCUT2D eigenvalue weighted by Crippen LogP contribution is 2.27. The van der Waals surface area contributed by atoms with Gasteiger partial charge in [-0.15, -0.1) is 0 Å². The van der Waals surface area contributed by atoms with Crippen molar-refractivity contribution in [1.29, 1.82) is 0 Å². The van der Waals surface area contributed by atoms with Crippen molar-refractivity contribution >= 4 is 29.2 Å². The van der Waals surface area contributed by atoms with Gasteiger partial charge in [0.25, 0.3) is 0 Å². The van der Waals surface area contributed by atoms with Gasteiger partial charge < -0.3 is 14.8 Å². The van der Waals surface area contributed by atoms with Crippen molar-refractivity contribution in [2.75, 3.05) is 46.0 Å². The topological polar surface area (TPSA) is 101 Å². The summed E-state index contributed by atoms with van der Waals surface area (Å²) in [6.45, 7) is 7.34. The van der Waals surface area contributed by atoms with Crippen LogP contribution >= 0.6 is 12.2 Å². The van der Waals surface area contributed by atoms with Gasteiger partial charge in [-0.3, -0.25) is 20.4 Å². The molecule has 1 aliphatic heterocycles. The molecule has 0 spiro atoms. The van der Waals surface area contributed by atoms with Gasteiger partial charge in [0.15, 0.2) is 10.9 Å². The molecular formula is C17H25N5O4S. The van der Waals surface area contributed by atoms with Gasteiger partial charge >= 0.3 is 5.69 Å². The van der Waals surface area contributed by atoms with Crippen LogP contribution in [0.4, 0.5) is 5.69 Å². The minimum absolute atomic E-state index is 0.0846. The van der Waals surface area contributed by atoms with Crippen LogP contribution in [0.25, 0.3) is 0 Å². The normalized spacial score (nSPS) is 14.9. The molecule has 1 saturated heterocycles. The first kappa shape index (κ1) is 21.0. The number of nitro groups is 1. The molecule has 0 unspecified atom stereocenters. The van der Waals surface area contributed by atoms with Crippen LogP contribution < -0.4 is 15.5 Å². The maximum atomic E-state index is 11.2. The Balaban J connectivity index is 1.79. The third kappa shape index (κ3) is 7.45. The van der Waals surface area contributed by atoms with Crippen LogP contribution in [0.15, 0.2) is 23.3 Å². The fourth-order valence-corrected chi connectivity index (χ4v) is 2.60. The zero-order valence-electron chi connectivity index (χ0n) is 15.3. The van der Waals surface area contributed by atoms with Crippen molar-refractivity contribution in [3.8, 4) is 5.75 Å². The summed E-state index contributed by atoms with van der Waals surface area (Å²) in [5, 5.41) is 18.7. The SMILES string of the molecule is CCCOc1ccc(/C=N/NC(=S)NCCN2CCOCC2)cc1[N+](=O)[O-]. The maximum absolute atomic E-state index is 11.2. The first-order chi connectivity index (χ1) is 13.1. The second-order valence-corrected chi connectivity index (χ2v) is 6.32. The Morgan fingerprint density at radius 2 is 2.26 bits per heavy atom. The monoisotopic (exact) mass is 395 g/mol. The van der Waals surface area contributed by atoms with E-state index in [0.717, 1.165) is 39.3 Å². The Kier molecular flexibility index (Phi) is 8.89. The zero-order chi connectivity index (χ0) is 19.5. The predicted molar refractivity (Wildman–Crippen MR) is 107 cm³/mol. The number of hydrogen-bond acceptors (Lipinski definition) is 7. The molecule has 0 aliphatic carbocycles. The number of rotatable bonds is 9. The van der Waals surface area contributed by atoms with Crippen LogP contribution in [-0.4, -0.2) is 67.1 Å². The molecule has 0 aromatic heterocycles. The fourth-order valence-electron chi connectivity index (χ4n) is 2.45. The Morgan fingerprint density at radius 1 is 1.48 bits per heavy atom. The van der Waals surface area contributed by atoms with Gasteiger partial charge in [-0.25, -0.2) is 0 Å². The summed E-state index contributed by atoms with van der Waals surface area (Å²) in [4.78, 5) is 13.0. The number of ether oxygens (including phenoxy) is 2. The average molecular weight is 395 g/mol. The molecule has 148 valence electrons. The molecule has 2 N–H and O–H groups in total. The van der Waals surface area contributed by atoms with E-state index in [0.29, 0.717) is 23.8 Å². The van der Waals surface area contributed by atoms with E-state index in [9.17, 15) is 10.1 Å². The predicted octanol–water partition coefficient (Wildman–Crippen LogP) is 1.51. The van der Waals surface area contributed by atoms with Crippen LogP contribution in [0.2, 0.25) is 0 Å².